The Bertz CT molecular complexity index is 390. The molecule has 0 bridgehead atoms. The number of rotatable bonds is 3. The van der Waals surface area contributed by atoms with Crippen LogP contribution in [0.3, 0.4) is 0 Å². The van der Waals surface area contributed by atoms with Crippen molar-refractivity contribution in [3.8, 4) is 5.75 Å². The smallest absolute Gasteiger partial charge is 0.185 e. The second kappa shape index (κ2) is 11.4. The summed E-state index contributed by atoms with van der Waals surface area (Å²) in [6, 6.07) is 21.0. The summed E-state index contributed by atoms with van der Waals surface area (Å²) in [5.74, 6) is 0.806. The average molecular weight is 317 g/mol. The Balaban J connectivity index is 0.000000321. The van der Waals surface area contributed by atoms with E-state index in [9.17, 15) is 0 Å². The molecule has 0 atom stereocenters. The molecule has 0 saturated carbocycles. The normalized spacial score (nSPS) is 8.56. The van der Waals surface area contributed by atoms with Gasteiger partial charge in [0.05, 0.1) is 0 Å². The SMILES string of the molecule is COCOc1cc[c-]cc1.Cc1cc[c-]cc1.[Y]. The molecule has 93 valence electrons. The molecule has 2 nitrogen and oxygen atoms in total. The molecule has 0 aliphatic carbocycles. The first-order chi connectivity index (χ1) is 8.33. The van der Waals surface area contributed by atoms with Crippen molar-refractivity contribution in [2.75, 3.05) is 13.9 Å². The number of hydrogen-bond acceptors (Lipinski definition) is 2. The molecule has 0 unspecified atom stereocenters. The predicted molar refractivity (Wildman–Crippen MR) is 67.8 cm³/mol. The van der Waals surface area contributed by atoms with Gasteiger partial charge in [-0.2, -0.15) is 54.1 Å². The third-order valence-electron chi connectivity index (χ3n) is 1.92. The Morgan fingerprint density at radius 2 is 1.44 bits per heavy atom. The van der Waals surface area contributed by atoms with Crippen LogP contribution in [0.4, 0.5) is 0 Å². The molecule has 3 heteroatoms. The summed E-state index contributed by atoms with van der Waals surface area (Å²) in [5, 5.41) is 0. The van der Waals surface area contributed by atoms with Gasteiger partial charge in [0.2, 0.25) is 0 Å². The van der Waals surface area contributed by atoms with Gasteiger partial charge in [0.1, 0.15) is 0 Å². The Morgan fingerprint density at radius 1 is 0.944 bits per heavy atom. The molecule has 18 heavy (non-hydrogen) atoms. The van der Waals surface area contributed by atoms with Crippen molar-refractivity contribution in [1.82, 2.24) is 0 Å². The zero-order chi connectivity index (χ0) is 12.3. The van der Waals surface area contributed by atoms with Gasteiger partial charge in [0, 0.05) is 45.6 Å². The first-order valence-corrected chi connectivity index (χ1v) is 5.33. The summed E-state index contributed by atoms with van der Waals surface area (Å²) in [4.78, 5) is 0. The molecular weight excluding hydrogens is 301 g/mol. The van der Waals surface area contributed by atoms with Crippen molar-refractivity contribution in [3.63, 3.8) is 0 Å². The molecule has 0 N–H and O–H groups in total. The summed E-state index contributed by atoms with van der Waals surface area (Å²) in [5.41, 5.74) is 1.29. The van der Waals surface area contributed by atoms with E-state index in [2.05, 4.69) is 19.1 Å². The van der Waals surface area contributed by atoms with Crippen molar-refractivity contribution < 1.29 is 42.2 Å². The van der Waals surface area contributed by atoms with Gasteiger partial charge in [-0.15, -0.1) is 12.1 Å². The Labute approximate surface area is 134 Å². The van der Waals surface area contributed by atoms with Crippen molar-refractivity contribution in [2.45, 2.75) is 6.92 Å². The van der Waals surface area contributed by atoms with Crippen LogP contribution in [-0.4, -0.2) is 13.9 Å². The van der Waals surface area contributed by atoms with Gasteiger partial charge >= 0.3 is 0 Å². The number of hydrogen-bond donors (Lipinski definition) is 0. The monoisotopic (exact) mass is 317 g/mol. The molecule has 0 aromatic heterocycles. The molecular formula is C15H16O2Y-2. The molecule has 0 heterocycles. The fourth-order valence-electron chi connectivity index (χ4n) is 1.07. The van der Waals surface area contributed by atoms with Crippen LogP contribution in [0, 0.1) is 19.1 Å². The standard InChI is InChI=1S/C8H9O2.C7H7.Y/c1-9-7-10-8-5-3-2-4-6-8;1-7-5-3-2-4-6-7;/h3-6H,7H2,1H3;3-6H,1H3;/q2*-1;. The number of methoxy groups -OCH3 is 1. The van der Waals surface area contributed by atoms with Crippen molar-refractivity contribution in [3.05, 3.63) is 66.2 Å². The average Bonchev–Trinajstić information content (AvgIpc) is 2.39. The van der Waals surface area contributed by atoms with E-state index in [0.717, 1.165) is 5.75 Å². The van der Waals surface area contributed by atoms with Crippen molar-refractivity contribution in [1.29, 1.82) is 0 Å². The summed E-state index contributed by atoms with van der Waals surface area (Å²) in [6.07, 6.45) is 0. The molecule has 0 aliphatic heterocycles. The van der Waals surface area contributed by atoms with E-state index in [1.807, 2.05) is 36.4 Å². The Kier molecular flexibility index (Phi) is 11.0. The molecule has 0 aliphatic rings. The van der Waals surface area contributed by atoms with Gasteiger partial charge in [-0.1, -0.05) is 6.92 Å². The topological polar surface area (TPSA) is 18.5 Å². The Hall–Kier alpha value is -0.696. The van der Waals surface area contributed by atoms with E-state index in [1.54, 1.807) is 19.2 Å². The molecule has 0 spiro atoms. The predicted octanol–water partition coefficient (Wildman–Crippen LogP) is 3.26. The second-order valence-electron chi connectivity index (χ2n) is 3.36. The van der Waals surface area contributed by atoms with Crippen LogP contribution in [0.5, 0.6) is 5.75 Å². The van der Waals surface area contributed by atoms with Gasteiger partial charge in [-0.05, 0) is 0 Å². The van der Waals surface area contributed by atoms with Gasteiger partial charge in [-0.3, -0.25) is 0 Å². The first-order valence-electron chi connectivity index (χ1n) is 5.33. The third-order valence-corrected chi connectivity index (χ3v) is 1.92. The van der Waals surface area contributed by atoms with E-state index < -0.39 is 0 Å². The van der Waals surface area contributed by atoms with Crippen LogP contribution in [0.2, 0.25) is 0 Å². The fourth-order valence-corrected chi connectivity index (χ4v) is 1.07. The zero-order valence-electron chi connectivity index (χ0n) is 10.7. The zero-order valence-corrected chi connectivity index (χ0v) is 13.6. The number of ether oxygens (including phenoxy) is 2. The summed E-state index contributed by atoms with van der Waals surface area (Å²) < 4.78 is 9.83. The Morgan fingerprint density at radius 3 is 1.83 bits per heavy atom. The van der Waals surface area contributed by atoms with E-state index in [0.29, 0.717) is 6.79 Å². The van der Waals surface area contributed by atoms with Crippen LogP contribution in [0.15, 0.2) is 48.5 Å². The minimum Gasteiger partial charge on any atom is -0.493 e. The maximum absolute atomic E-state index is 5.11. The number of aryl methyl sites for hydroxylation is 1. The van der Waals surface area contributed by atoms with Crippen molar-refractivity contribution in [2.24, 2.45) is 0 Å². The summed E-state index contributed by atoms with van der Waals surface area (Å²) in [7, 11) is 1.59. The van der Waals surface area contributed by atoms with E-state index in [-0.39, 0.29) is 32.7 Å². The number of benzene rings is 2. The molecule has 2 rings (SSSR count). The molecule has 1 radical (unpaired) electrons. The maximum atomic E-state index is 5.11. The summed E-state index contributed by atoms with van der Waals surface area (Å²) >= 11 is 0. The minimum atomic E-state index is 0. The first kappa shape index (κ1) is 17.3. The van der Waals surface area contributed by atoms with Crippen LogP contribution >= 0.6 is 0 Å². The molecule has 0 saturated heterocycles. The van der Waals surface area contributed by atoms with Crippen LogP contribution in [-0.2, 0) is 37.4 Å². The largest absolute Gasteiger partial charge is 0.493 e. The van der Waals surface area contributed by atoms with E-state index >= 15 is 0 Å². The maximum Gasteiger partial charge on any atom is 0.185 e. The molecule has 0 amide bonds. The van der Waals surface area contributed by atoms with Gasteiger partial charge in [0.15, 0.2) is 6.79 Å². The van der Waals surface area contributed by atoms with Gasteiger partial charge < -0.3 is 9.47 Å². The molecule has 0 fully saturated rings. The fraction of sp³-hybridized carbons (Fsp3) is 0.200. The minimum absolute atomic E-state index is 0. The third kappa shape index (κ3) is 8.40. The second-order valence-corrected chi connectivity index (χ2v) is 3.36. The van der Waals surface area contributed by atoms with E-state index in [1.165, 1.54) is 5.56 Å². The molecule has 2 aromatic carbocycles. The van der Waals surface area contributed by atoms with E-state index in [4.69, 9.17) is 9.47 Å². The van der Waals surface area contributed by atoms with Crippen molar-refractivity contribution >= 4 is 0 Å². The van der Waals surface area contributed by atoms with Crippen LogP contribution in [0.25, 0.3) is 0 Å². The van der Waals surface area contributed by atoms with Crippen LogP contribution in [0.1, 0.15) is 5.56 Å². The van der Waals surface area contributed by atoms with Gasteiger partial charge in [-0.25, -0.2) is 0 Å². The quantitative estimate of drug-likeness (QED) is 0.639. The van der Waals surface area contributed by atoms with Gasteiger partial charge in [0.25, 0.3) is 0 Å². The molecule has 2 aromatic rings. The van der Waals surface area contributed by atoms with Crippen LogP contribution < -0.4 is 4.74 Å². The summed E-state index contributed by atoms with van der Waals surface area (Å²) in [6.45, 7) is 2.36.